The number of rotatable bonds is 5. The van der Waals surface area contributed by atoms with Gasteiger partial charge >= 0.3 is 0 Å². The highest BCUT2D eigenvalue weighted by molar-refractivity contribution is 7.98. The van der Waals surface area contributed by atoms with Crippen molar-refractivity contribution in [3.63, 3.8) is 0 Å². The second-order valence-corrected chi connectivity index (χ2v) is 4.62. The van der Waals surface area contributed by atoms with Crippen molar-refractivity contribution in [2.75, 3.05) is 12.0 Å². The summed E-state index contributed by atoms with van der Waals surface area (Å²) in [5.74, 6) is 0.823. The molecule has 0 radical (unpaired) electrons. The molecule has 0 bridgehead atoms. The van der Waals surface area contributed by atoms with Crippen LogP contribution in [0, 0.1) is 0 Å². The van der Waals surface area contributed by atoms with Crippen LogP contribution in [0.1, 0.15) is 33.6 Å². The lowest BCUT2D eigenvalue weighted by atomic mass is 10.0. The SMILES string of the molecule is CSCC(C)(O)CCC=C(C)C. The van der Waals surface area contributed by atoms with E-state index in [0.717, 1.165) is 18.6 Å². The van der Waals surface area contributed by atoms with E-state index in [2.05, 4.69) is 19.9 Å². The van der Waals surface area contributed by atoms with E-state index >= 15 is 0 Å². The summed E-state index contributed by atoms with van der Waals surface area (Å²) in [7, 11) is 0. The first kappa shape index (κ1) is 12.0. The monoisotopic (exact) mass is 188 g/mol. The molecule has 0 aromatic heterocycles. The van der Waals surface area contributed by atoms with Gasteiger partial charge in [-0.2, -0.15) is 11.8 Å². The molecule has 0 saturated carbocycles. The van der Waals surface area contributed by atoms with E-state index in [9.17, 15) is 5.11 Å². The molecular weight excluding hydrogens is 168 g/mol. The van der Waals surface area contributed by atoms with Crippen LogP contribution in [0.25, 0.3) is 0 Å². The molecular formula is C10H20OS. The maximum atomic E-state index is 9.78. The van der Waals surface area contributed by atoms with Gasteiger partial charge in [0.2, 0.25) is 0 Å². The zero-order chi connectivity index (χ0) is 9.61. The second-order valence-electron chi connectivity index (χ2n) is 3.75. The normalized spacial score (nSPS) is 15.4. The van der Waals surface area contributed by atoms with E-state index in [-0.39, 0.29) is 0 Å². The lowest BCUT2D eigenvalue weighted by Gasteiger charge is -2.21. The molecule has 0 saturated heterocycles. The van der Waals surface area contributed by atoms with Crippen molar-refractivity contribution in [1.82, 2.24) is 0 Å². The van der Waals surface area contributed by atoms with Crippen LogP contribution in [0.15, 0.2) is 11.6 Å². The molecule has 1 N–H and O–H groups in total. The minimum absolute atomic E-state index is 0.495. The molecule has 1 nitrogen and oxygen atoms in total. The van der Waals surface area contributed by atoms with Crippen LogP contribution in [0.5, 0.6) is 0 Å². The van der Waals surface area contributed by atoms with Crippen LogP contribution in [0.4, 0.5) is 0 Å². The van der Waals surface area contributed by atoms with Crippen LogP contribution in [0.2, 0.25) is 0 Å². The zero-order valence-corrected chi connectivity index (χ0v) is 9.37. The van der Waals surface area contributed by atoms with Gasteiger partial charge in [0.25, 0.3) is 0 Å². The molecule has 0 aliphatic rings. The molecule has 1 unspecified atom stereocenters. The van der Waals surface area contributed by atoms with Gasteiger partial charge in [-0.05, 0) is 39.9 Å². The average molecular weight is 188 g/mol. The standard InChI is InChI=1S/C10H20OS/c1-9(2)6-5-7-10(3,11)8-12-4/h6,11H,5,7-8H2,1-4H3. The predicted octanol–water partition coefficient (Wildman–Crippen LogP) is 2.85. The fraction of sp³-hybridized carbons (Fsp3) is 0.800. The minimum atomic E-state index is -0.495. The van der Waals surface area contributed by atoms with Crippen molar-refractivity contribution < 1.29 is 5.11 Å². The summed E-state index contributed by atoms with van der Waals surface area (Å²) in [4.78, 5) is 0. The van der Waals surface area contributed by atoms with Gasteiger partial charge in [0.15, 0.2) is 0 Å². The predicted molar refractivity (Wildman–Crippen MR) is 57.7 cm³/mol. The Morgan fingerprint density at radius 1 is 1.50 bits per heavy atom. The van der Waals surface area contributed by atoms with Crippen LogP contribution in [-0.2, 0) is 0 Å². The summed E-state index contributed by atoms with van der Waals surface area (Å²) in [6.45, 7) is 6.08. The highest BCUT2D eigenvalue weighted by Gasteiger charge is 2.17. The molecule has 0 rings (SSSR count). The van der Waals surface area contributed by atoms with Crippen molar-refractivity contribution in [3.05, 3.63) is 11.6 Å². The number of aliphatic hydroxyl groups is 1. The lowest BCUT2D eigenvalue weighted by Crippen LogP contribution is -2.26. The molecule has 0 aromatic carbocycles. The quantitative estimate of drug-likeness (QED) is 0.669. The van der Waals surface area contributed by atoms with Crippen molar-refractivity contribution >= 4 is 11.8 Å². The maximum Gasteiger partial charge on any atom is 0.0712 e. The van der Waals surface area contributed by atoms with Crippen LogP contribution in [0.3, 0.4) is 0 Å². The molecule has 12 heavy (non-hydrogen) atoms. The third-order valence-electron chi connectivity index (χ3n) is 1.69. The van der Waals surface area contributed by atoms with E-state index in [1.54, 1.807) is 11.8 Å². The number of thioether (sulfide) groups is 1. The molecule has 1 atom stereocenters. The number of hydrogen-bond donors (Lipinski definition) is 1. The van der Waals surface area contributed by atoms with Crippen molar-refractivity contribution in [2.24, 2.45) is 0 Å². The van der Waals surface area contributed by atoms with E-state index < -0.39 is 5.60 Å². The maximum absolute atomic E-state index is 9.78. The second kappa shape index (κ2) is 5.65. The molecule has 0 aromatic rings. The molecule has 0 spiro atoms. The number of hydrogen-bond acceptors (Lipinski definition) is 2. The Hall–Kier alpha value is 0.0500. The molecule has 2 heteroatoms. The first-order chi connectivity index (χ1) is 5.48. The van der Waals surface area contributed by atoms with E-state index in [1.165, 1.54) is 5.57 Å². The molecule has 0 aliphatic heterocycles. The Labute approximate surface area is 80.3 Å². The first-order valence-corrected chi connectivity index (χ1v) is 5.72. The van der Waals surface area contributed by atoms with Gasteiger partial charge in [-0.3, -0.25) is 0 Å². The van der Waals surface area contributed by atoms with Crippen molar-refractivity contribution in [1.29, 1.82) is 0 Å². The zero-order valence-electron chi connectivity index (χ0n) is 8.55. The van der Waals surface area contributed by atoms with E-state index in [1.807, 2.05) is 13.2 Å². The van der Waals surface area contributed by atoms with Gasteiger partial charge in [-0.15, -0.1) is 0 Å². The van der Waals surface area contributed by atoms with Crippen LogP contribution < -0.4 is 0 Å². The fourth-order valence-electron chi connectivity index (χ4n) is 1.05. The fourth-order valence-corrected chi connectivity index (χ4v) is 1.82. The molecule has 0 heterocycles. The smallest absolute Gasteiger partial charge is 0.0712 e. The van der Waals surface area contributed by atoms with E-state index in [4.69, 9.17) is 0 Å². The summed E-state index contributed by atoms with van der Waals surface area (Å²) >= 11 is 1.70. The Kier molecular flexibility index (Phi) is 5.68. The molecule has 0 aliphatic carbocycles. The van der Waals surface area contributed by atoms with Crippen molar-refractivity contribution in [2.45, 2.75) is 39.2 Å². The Bertz CT molecular complexity index is 146. The minimum Gasteiger partial charge on any atom is -0.389 e. The Balaban J connectivity index is 3.68. The summed E-state index contributed by atoms with van der Waals surface area (Å²) < 4.78 is 0. The highest BCUT2D eigenvalue weighted by Crippen LogP contribution is 2.17. The third kappa shape index (κ3) is 6.74. The molecule has 0 fully saturated rings. The van der Waals surface area contributed by atoms with Gasteiger partial charge in [0.1, 0.15) is 0 Å². The third-order valence-corrected chi connectivity index (χ3v) is 2.60. The largest absolute Gasteiger partial charge is 0.389 e. The summed E-state index contributed by atoms with van der Waals surface area (Å²) in [6, 6.07) is 0. The Morgan fingerprint density at radius 2 is 2.08 bits per heavy atom. The van der Waals surface area contributed by atoms with Crippen LogP contribution in [-0.4, -0.2) is 22.7 Å². The van der Waals surface area contributed by atoms with Gasteiger partial charge < -0.3 is 5.11 Å². The molecule has 0 amide bonds. The summed E-state index contributed by atoms with van der Waals surface area (Å²) in [5.41, 5.74) is 0.834. The van der Waals surface area contributed by atoms with Gasteiger partial charge in [-0.25, -0.2) is 0 Å². The first-order valence-electron chi connectivity index (χ1n) is 4.32. The van der Waals surface area contributed by atoms with Gasteiger partial charge in [0, 0.05) is 5.75 Å². The van der Waals surface area contributed by atoms with Crippen molar-refractivity contribution in [3.8, 4) is 0 Å². The summed E-state index contributed by atoms with van der Waals surface area (Å²) in [5, 5.41) is 9.78. The molecule has 72 valence electrons. The lowest BCUT2D eigenvalue weighted by molar-refractivity contribution is 0.0773. The topological polar surface area (TPSA) is 20.2 Å². The van der Waals surface area contributed by atoms with Crippen LogP contribution >= 0.6 is 11.8 Å². The number of allylic oxidation sites excluding steroid dienone is 2. The Morgan fingerprint density at radius 3 is 2.50 bits per heavy atom. The summed E-state index contributed by atoms with van der Waals surface area (Å²) in [6.07, 6.45) is 6.04. The highest BCUT2D eigenvalue weighted by atomic mass is 32.2. The van der Waals surface area contributed by atoms with Gasteiger partial charge in [-0.1, -0.05) is 11.6 Å². The van der Waals surface area contributed by atoms with E-state index in [0.29, 0.717) is 0 Å². The van der Waals surface area contributed by atoms with Gasteiger partial charge in [0.05, 0.1) is 5.60 Å². The average Bonchev–Trinajstić information content (AvgIpc) is 1.85.